The van der Waals surface area contributed by atoms with Gasteiger partial charge in [-0.2, -0.15) is 15.5 Å². The molecular formula is C23H19N7O3. The Bertz CT molecular complexity index is 1360. The largest absolute Gasteiger partial charge is 0.447 e. The zero-order valence-corrected chi connectivity index (χ0v) is 17.5. The van der Waals surface area contributed by atoms with Crippen LogP contribution in [0.15, 0.2) is 78.2 Å². The Labute approximate surface area is 188 Å². The summed E-state index contributed by atoms with van der Waals surface area (Å²) in [5, 5.41) is 20.2. The minimum atomic E-state index is -0.593. The Morgan fingerprint density at radius 3 is 2.85 bits per heavy atom. The highest BCUT2D eigenvalue weighted by molar-refractivity contribution is 5.84. The van der Waals surface area contributed by atoms with Crippen molar-refractivity contribution in [3.63, 3.8) is 0 Å². The van der Waals surface area contributed by atoms with E-state index in [0.29, 0.717) is 29.2 Å². The quantitative estimate of drug-likeness (QED) is 0.467. The topological polar surface area (TPSA) is 128 Å². The summed E-state index contributed by atoms with van der Waals surface area (Å²) in [4.78, 5) is 28.3. The zero-order chi connectivity index (χ0) is 23.0. The number of rotatable bonds is 7. The molecule has 2 aromatic carbocycles. The molecule has 1 amide bonds. The van der Waals surface area contributed by atoms with E-state index in [1.165, 1.54) is 18.7 Å². The Balaban J connectivity index is 1.43. The van der Waals surface area contributed by atoms with E-state index >= 15 is 0 Å². The molecule has 2 heterocycles. The second kappa shape index (κ2) is 10.0. The minimum absolute atomic E-state index is 0.148. The average molecular weight is 441 g/mol. The first-order valence-electron chi connectivity index (χ1n) is 10.1. The van der Waals surface area contributed by atoms with Gasteiger partial charge in [-0.3, -0.25) is 10.1 Å². The van der Waals surface area contributed by atoms with Crippen molar-refractivity contribution in [2.75, 3.05) is 11.9 Å². The van der Waals surface area contributed by atoms with Crippen molar-refractivity contribution in [3.8, 4) is 11.8 Å². The molecule has 0 bridgehead atoms. The number of carbonyl (C=O) groups excluding carboxylic acids is 1. The van der Waals surface area contributed by atoms with Crippen LogP contribution < -0.4 is 10.7 Å². The van der Waals surface area contributed by atoms with Crippen molar-refractivity contribution in [2.24, 2.45) is 0 Å². The fourth-order valence-corrected chi connectivity index (χ4v) is 3.12. The first kappa shape index (κ1) is 21.5. The maximum absolute atomic E-state index is 12.4. The number of anilines is 1. The lowest BCUT2D eigenvalue weighted by atomic mass is 10.1. The summed E-state index contributed by atoms with van der Waals surface area (Å²) in [5.74, 6) is 0. The number of nitrogens with one attached hydrogen (secondary N) is 1. The summed E-state index contributed by atoms with van der Waals surface area (Å²) in [6.07, 6.45) is 4.19. The number of ether oxygens (including phenoxy) is 1. The molecule has 0 aliphatic rings. The summed E-state index contributed by atoms with van der Waals surface area (Å²) in [7, 11) is 0. The van der Waals surface area contributed by atoms with E-state index in [1.54, 1.807) is 58.0 Å². The van der Waals surface area contributed by atoms with Crippen molar-refractivity contribution < 1.29 is 9.53 Å². The molecule has 0 fully saturated rings. The van der Waals surface area contributed by atoms with Crippen LogP contribution in [0.5, 0.6) is 0 Å². The van der Waals surface area contributed by atoms with Crippen molar-refractivity contribution in [1.29, 1.82) is 5.26 Å². The third kappa shape index (κ3) is 5.68. The molecule has 10 heteroatoms. The fourth-order valence-electron chi connectivity index (χ4n) is 3.12. The van der Waals surface area contributed by atoms with E-state index in [9.17, 15) is 9.59 Å². The molecule has 4 rings (SSSR count). The molecule has 0 saturated carbocycles. The van der Waals surface area contributed by atoms with E-state index in [0.717, 1.165) is 5.56 Å². The molecule has 0 unspecified atom stereocenters. The molecule has 0 radical (unpaired) electrons. The van der Waals surface area contributed by atoms with Crippen LogP contribution in [0.1, 0.15) is 16.8 Å². The number of benzene rings is 2. The highest BCUT2D eigenvalue weighted by Gasteiger charge is 2.09. The van der Waals surface area contributed by atoms with Gasteiger partial charge >= 0.3 is 6.09 Å². The summed E-state index contributed by atoms with van der Waals surface area (Å²) in [5.41, 5.74) is 2.65. The van der Waals surface area contributed by atoms with Crippen molar-refractivity contribution >= 4 is 11.8 Å². The van der Waals surface area contributed by atoms with E-state index < -0.39 is 6.09 Å². The van der Waals surface area contributed by atoms with Crippen molar-refractivity contribution in [2.45, 2.75) is 13.0 Å². The highest BCUT2D eigenvalue weighted by Crippen LogP contribution is 2.14. The van der Waals surface area contributed by atoms with E-state index in [2.05, 4.69) is 26.6 Å². The van der Waals surface area contributed by atoms with Gasteiger partial charge in [-0.1, -0.05) is 18.2 Å². The molecule has 0 atom stereocenters. The van der Waals surface area contributed by atoms with Gasteiger partial charge in [0.25, 0.3) is 0 Å². The zero-order valence-electron chi connectivity index (χ0n) is 17.5. The summed E-state index contributed by atoms with van der Waals surface area (Å²) in [6, 6.07) is 17.6. The molecule has 2 aromatic heterocycles. The van der Waals surface area contributed by atoms with Gasteiger partial charge in [-0.25, -0.2) is 19.1 Å². The fraction of sp³-hybridized carbons (Fsp3) is 0.130. The average Bonchev–Trinajstić information content (AvgIpc) is 3.34. The first-order chi connectivity index (χ1) is 16.1. The lowest BCUT2D eigenvalue weighted by Gasteiger charge is -2.10. The number of nitriles is 1. The van der Waals surface area contributed by atoms with Crippen LogP contribution in [-0.4, -0.2) is 37.2 Å². The van der Waals surface area contributed by atoms with Crippen LogP contribution >= 0.6 is 0 Å². The van der Waals surface area contributed by atoms with E-state index in [-0.39, 0.29) is 18.5 Å². The van der Waals surface area contributed by atoms with Gasteiger partial charge in [0.05, 0.1) is 23.9 Å². The van der Waals surface area contributed by atoms with Gasteiger partial charge in [-0.15, -0.1) is 0 Å². The summed E-state index contributed by atoms with van der Waals surface area (Å²) in [6.45, 7) is 0.548. The van der Waals surface area contributed by atoms with E-state index in [4.69, 9.17) is 10.00 Å². The second-order valence-corrected chi connectivity index (χ2v) is 7.03. The van der Waals surface area contributed by atoms with Crippen LogP contribution in [0.3, 0.4) is 0 Å². The van der Waals surface area contributed by atoms with Gasteiger partial charge in [0.1, 0.15) is 25.0 Å². The lowest BCUT2D eigenvalue weighted by Crippen LogP contribution is -2.18. The molecule has 33 heavy (non-hydrogen) atoms. The van der Waals surface area contributed by atoms with Crippen LogP contribution in [-0.2, 0) is 17.7 Å². The van der Waals surface area contributed by atoms with Crippen LogP contribution in [0, 0.1) is 11.3 Å². The van der Waals surface area contributed by atoms with Gasteiger partial charge in [0.15, 0.2) is 0 Å². The van der Waals surface area contributed by atoms with Crippen LogP contribution in [0.2, 0.25) is 0 Å². The SMILES string of the molecule is N#Cc1cccc(-n2ccc(=O)c(Cc3cccc(NC(=O)OCCn4cncn4)c3)n2)c1. The number of hydrogen-bond acceptors (Lipinski definition) is 7. The second-order valence-electron chi connectivity index (χ2n) is 7.03. The Kier molecular flexibility index (Phi) is 6.51. The van der Waals surface area contributed by atoms with Gasteiger partial charge in [-0.05, 0) is 35.9 Å². The maximum Gasteiger partial charge on any atom is 0.411 e. The Morgan fingerprint density at radius 2 is 2.03 bits per heavy atom. The van der Waals surface area contributed by atoms with Crippen molar-refractivity contribution in [3.05, 3.63) is 100 Å². The lowest BCUT2D eigenvalue weighted by molar-refractivity contribution is 0.155. The van der Waals surface area contributed by atoms with Crippen LogP contribution in [0.25, 0.3) is 5.69 Å². The number of nitrogens with zero attached hydrogens (tertiary/aromatic N) is 6. The monoisotopic (exact) mass is 441 g/mol. The summed E-state index contributed by atoms with van der Waals surface area (Å²) < 4.78 is 8.27. The Hall–Kier alpha value is -4.78. The van der Waals surface area contributed by atoms with Gasteiger partial charge < -0.3 is 4.74 Å². The summed E-state index contributed by atoms with van der Waals surface area (Å²) >= 11 is 0. The molecule has 0 saturated heterocycles. The number of hydrogen-bond donors (Lipinski definition) is 1. The predicted octanol–water partition coefficient (Wildman–Crippen LogP) is 2.54. The number of aromatic nitrogens is 5. The first-order valence-corrected chi connectivity index (χ1v) is 10.1. The molecular weight excluding hydrogens is 422 g/mol. The van der Waals surface area contributed by atoms with E-state index in [1.807, 2.05) is 6.07 Å². The third-order valence-corrected chi connectivity index (χ3v) is 4.68. The molecule has 1 N–H and O–H groups in total. The standard InChI is InChI=1S/C23H19N7O3/c24-14-18-4-2-6-20(12-18)30-8-7-22(31)21(28-30)13-17-3-1-5-19(11-17)27-23(32)33-10-9-29-16-25-15-26-29/h1-8,11-12,15-16H,9-10,13H2,(H,27,32). The molecule has 4 aromatic rings. The predicted molar refractivity (Wildman–Crippen MR) is 119 cm³/mol. The third-order valence-electron chi connectivity index (χ3n) is 4.68. The van der Waals surface area contributed by atoms with Crippen molar-refractivity contribution in [1.82, 2.24) is 24.5 Å². The molecule has 10 nitrogen and oxygen atoms in total. The van der Waals surface area contributed by atoms with Gasteiger partial charge in [0, 0.05) is 24.4 Å². The molecule has 164 valence electrons. The normalized spacial score (nSPS) is 10.4. The molecule has 0 aliphatic heterocycles. The van der Waals surface area contributed by atoms with Gasteiger partial charge in [0.2, 0.25) is 5.43 Å². The smallest absolute Gasteiger partial charge is 0.411 e. The molecule has 0 aliphatic carbocycles. The maximum atomic E-state index is 12.4. The number of carbonyl (C=O) groups is 1. The number of amides is 1. The molecule has 0 spiro atoms. The van der Waals surface area contributed by atoms with Crippen LogP contribution in [0.4, 0.5) is 10.5 Å². The Morgan fingerprint density at radius 1 is 1.15 bits per heavy atom. The minimum Gasteiger partial charge on any atom is -0.447 e. The highest BCUT2D eigenvalue weighted by atomic mass is 16.5.